The third-order valence-electron chi connectivity index (χ3n) is 4.50. The smallest absolute Gasteiger partial charge is 0.261 e. The van der Waals surface area contributed by atoms with Crippen molar-refractivity contribution >= 4 is 40.5 Å². The summed E-state index contributed by atoms with van der Waals surface area (Å²) in [5.74, 6) is 0.936. The van der Waals surface area contributed by atoms with Gasteiger partial charge in [-0.1, -0.05) is 47.6 Å². The van der Waals surface area contributed by atoms with Crippen LogP contribution in [0.3, 0.4) is 0 Å². The fourth-order valence-electron chi connectivity index (χ4n) is 2.92. The quantitative estimate of drug-likeness (QED) is 0.340. The Morgan fingerprint density at radius 3 is 2.77 bits per heavy atom. The predicted molar refractivity (Wildman–Crippen MR) is 122 cm³/mol. The highest BCUT2D eigenvalue weighted by Crippen LogP contribution is 2.18. The largest absolute Gasteiger partial charge is 0.390 e. The first-order chi connectivity index (χ1) is 15.0. The molecule has 2 heterocycles. The molecule has 1 atom stereocenters. The van der Waals surface area contributed by atoms with E-state index in [0.29, 0.717) is 32.7 Å². The van der Waals surface area contributed by atoms with Gasteiger partial charge in [-0.25, -0.2) is 4.98 Å². The van der Waals surface area contributed by atoms with Crippen molar-refractivity contribution in [2.75, 3.05) is 5.75 Å². The van der Waals surface area contributed by atoms with Crippen LogP contribution in [0.4, 0.5) is 0 Å². The lowest BCUT2D eigenvalue weighted by molar-refractivity contribution is 0.176. The molecule has 0 saturated heterocycles. The molecule has 2 aromatic carbocycles. The van der Waals surface area contributed by atoms with Crippen molar-refractivity contribution < 1.29 is 5.11 Å². The summed E-state index contributed by atoms with van der Waals surface area (Å²) in [4.78, 5) is 16.9. The van der Waals surface area contributed by atoms with Gasteiger partial charge in [-0.05, 0) is 36.8 Å². The van der Waals surface area contributed by atoms with Crippen LogP contribution in [-0.4, -0.2) is 47.6 Å². The van der Waals surface area contributed by atoms with E-state index in [-0.39, 0.29) is 12.1 Å². The molecule has 1 unspecified atom stereocenters. The van der Waals surface area contributed by atoms with Crippen molar-refractivity contribution in [1.82, 2.24) is 24.4 Å². The molecule has 10 heteroatoms. The van der Waals surface area contributed by atoms with Crippen molar-refractivity contribution in [3.8, 4) is 0 Å². The number of aliphatic hydroxyl groups excluding tert-OH is 1. The van der Waals surface area contributed by atoms with E-state index in [0.717, 1.165) is 5.56 Å². The maximum absolute atomic E-state index is 12.6. The fourth-order valence-corrected chi connectivity index (χ4v) is 3.89. The summed E-state index contributed by atoms with van der Waals surface area (Å²) in [6.45, 7) is 1.93. The SMILES string of the molecule is Cc1nnc(SCC(O)Cn2cnc3ccccc3c2=O)n1N=Cc1ccc(Cl)cc1. The summed E-state index contributed by atoms with van der Waals surface area (Å²) in [5, 5.41) is 24.8. The lowest BCUT2D eigenvalue weighted by atomic mass is 10.2. The van der Waals surface area contributed by atoms with E-state index < -0.39 is 6.10 Å². The molecule has 0 bridgehead atoms. The summed E-state index contributed by atoms with van der Waals surface area (Å²) in [7, 11) is 0. The predicted octanol–water partition coefficient (Wildman–Crippen LogP) is 2.99. The van der Waals surface area contributed by atoms with Crippen LogP contribution in [0.2, 0.25) is 5.02 Å². The summed E-state index contributed by atoms with van der Waals surface area (Å²) in [6.07, 6.45) is 2.37. The average molecular weight is 455 g/mol. The molecule has 8 nitrogen and oxygen atoms in total. The Morgan fingerprint density at radius 2 is 1.97 bits per heavy atom. The van der Waals surface area contributed by atoms with Gasteiger partial charge in [-0.3, -0.25) is 9.36 Å². The van der Waals surface area contributed by atoms with Crippen molar-refractivity contribution in [3.05, 3.63) is 81.6 Å². The van der Waals surface area contributed by atoms with Crippen LogP contribution >= 0.6 is 23.4 Å². The zero-order valence-electron chi connectivity index (χ0n) is 16.6. The van der Waals surface area contributed by atoms with Crippen LogP contribution in [0.5, 0.6) is 0 Å². The first kappa shape index (κ1) is 21.2. The zero-order chi connectivity index (χ0) is 21.8. The fraction of sp³-hybridized carbons (Fsp3) is 0.190. The van der Waals surface area contributed by atoms with E-state index in [1.807, 2.05) is 18.2 Å². The summed E-state index contributed by atoms with van der Waals surface area (Å²) in [6, 6.07) is 14.4. The van der Waals surface area contributed by atoms with Gasteiger partial charge in [0.25, 0.3) is 5.56 Å². The van der Waals surface area contributed by atoms with Crippen molar-refractivity contribution in [1.29, 1.82) is 0 Å². The van der Waals surface area contributed by atoms with Crippen LogP contribution in [0.1, 0.15) is 11.4 Å². The van der Waals surface area contributed by atoms with Crippen molar-refractivity contribution in [3.63, 3.8) is 0 Å². The number of rotatable bonds is 7. The number of halogens is 1. The van der Waals surface area contributed by atoms with Crippen LogP contribution in [0.25, 0.3) is 10.9 Å². The van der Waals surface area contributed by atoms with Crippen LogP contribution in [-0.2, 0) is 6.54 Å². The van der Waals surface area contributed by atoms with Crippen LogP contribution in [0.15, 0.2) is 69.9 Å². The number of nitrogens with zero attached hydrogens (tertiary/aromatic N) is 6. The maximum Gasteiger partial charge on any atom is 0.261 e. The summed E-state index contributed by atoms with van der Waals surface area (Å²) < 4.78 is 3.03. The number of aryl methyl sites for hydroxylation is 1. The Bertz CT molecular complexity index is 1290. The Balaban J connectivity index is 1.43. The number of thioether (sulfide) groups is 1. The molecule has 0 aliphatic rings. The molecule has 4 rings (SSSR count). The molecular weight excluding hydrogens is 436 g/mol. The average Bonchev–Trinajstić information content (AvgIpc) is 3.13. The molecule has 2 aromatic heterocycles. The molecule has 4 aromatic rings. The number of fused-ring (bicyclic) bond motifs is 1. The molecular formula is C21H19ClN6O2S. The van der Waals surface area contributed by atoms with Gasteiger partial charge in [-0.15, -0.1) is 10.2 Å². The molecule has 0 amide bonds. The summed E-state index contributed by atoms with van der Waals surface area (Å²) in [5.41, 5.74) is 1.34. The molecule has 158 valence electrons. The molecule has 0 spiro atoms. The Kier molecular flexibility index (Phi) is 6.45. The second-order valence-corrected chi connectivity index (χ2v) is 8.25. The normalized spacial score (nSPS) is 12.6. The maximum atomic E-state index is 12.6. The van der Waals surface area contributed by atoms with Gasteiger partial charge in [0, 0.05) is 10.8 Å². The number of para-hydroxylation sites is 1. The van der Waals surface area contributed by atoms with Crippen molar-refractivity contribution in [2.45, 2.75) is 24.7 Å². The standard InChI is InChI=1S/C21H19ClN6O2S/c1-14-25-26-21(28(14)24-10-15-6-8-16(22)9-7-15)31-12-17(29)11-27-13-23-19-5-3-2-4-18(19)20(27)30/h2-10,13,17,29H,11-12H2,1H3. The Hall–Kier alpha value is -3.01. The van der Waals surface area contributed by atoms with Gasteiger partial charge >= 0.3 is 0 Å². The Labute approximate surface area is 187 Å². The zero-order valence-corrected chi connectivity index (χ0v) is 18.2. The number of aromatic nitrogens is 5. The first-order valence-electron chi connectivity index (χ1n) is 9.48. The third kappa shape index (κ3) is 5.01. The van der Waals surface area contributed by atoms with Crippen LogP contribution in [0, 0.1) is 6.92 Å². The molecule has 1 N–H and O–H groups in total. The van der Waals surface area contributed by atoms with Crippen LogP contribution < -0.4 is 5.56 Å². The van der Waals surface area contributed by atoms with E-state index in [4.69, 9.17) is 11.6 Å². The number of hydrogen-bond donors (Lipinski definition) is 1. The topological polar surface area (TPSA) is 98.2 Å². The van der Waals surface area contributed by atoms with Gasteiger partial charge in [-0.2, -0.15) is 9.78 Å². The molecule has 0 aliphatic carbocycles. The van der Waals surface area contributed by atoms with Gasteiger partial charge < -0.3 is 5.11 Å². The van der Waals surface area contributed by atoms with Crippen molar-refractivity contribution in [2.24, 2.45) is 5.10 Å². The highest BCUT2D eigenvalue weighted by Gasteiger charge is 2.14. The monoisotopic (exact) mass is 454 g/mol. The number of aliphatic hydroxyl groups is 1. The lowest BCUT2D eigenvalue weighted by Crippen LogP contribution is -2.28. The van der Waals surface area contributed by atoms with Gasteiger partial charge in [0.2, 0.25) is 5.16 Å². The lowest BCUT2D eigenvalue weighted by Gasteiger charge is -2.12. The molecule has 0 fully saturated rings. The van der Waals surface area contributed by atoms with E-state index in [9.17, 15) is 9.90 Å². The highest BCUT2D eigenvalue weighted by molar-refractivity contribution is 7.99. The Morgan fingerprint density at radius 1 is 1.19 bits per heavy atom. The first-order valence-corrected chi connectivity index (χ1v) is 10.8. The van der Waals surface area contributed by atoms with Gasteiger partial charge in [0.1, 0.15) is 0 Å². The second kappa shape index (κ2) is 9.42. The molecule has 0 radical (unpaired) electrons. The number of hydrogen-bond acceptors (Lipinski definition) is 7. The van der Waals surface area contributed by atoms with E-state index in [1.54, 1.807) is 48.1 Å². The van der Waals surface area contributed by atoms with Gasteiger partial charge in [0.05, 0.1) is 36.1 Å². The minimum atomic E-state index is -0.781. The number of benzene rings is 2. The van der Waals surface area contributed by atoms with E-state index in [1.165, 1.54) is 22.7 Å². The third-order valence-corrected chi connectivity index (χ3v) is 5.82. The minimum Gasteiger partial charge on any atom is -0.390 e. The van der Waals surface area contributed by atoms with E-state index >= 15 is 0 Å². The minimum absolute atomic E-state index is 0.130. The molecule has 0 aliphatic heterocycles. The highest BCUT2D eigenvalue weighted by atomic mass is 35.5. The summed E-state index contributed by atoms with van der Waals surface area (Å²) >= 11 is 7.22. The molecule has 31 heavy (non-hydrogen) atoms. The van der Waals surface area contributed by atoms with E-state index in [2.05, 4.69) is 20.3 Å². The second-order valence-electron chi connectivity index (χ2n) is 6.82. The van der Waals surface area contributed by atoms with Gasteiger partial charge in [0.15, 0.2) is 5.82 Å². The molecule has 0 saturated carbocycles.